The van der Waals surface area contributed by atoms with E-state index < -0.39 is 6.67 Å². The SMILES string of the molecule is Oc1ccc(CC[C@H]2CCC[C@@H](CCc3ccc(OCCF)cc3)N2)cc1. The molecule has 3 rings (SSSR count). The molecular weight excluding hydrogens is 341 g/mol. The molecule has 0 radical (unpaired) electrons. The van der Waals surface area contributed by atoms with E-state index >= 15 is 0 Å². The molecule has 0 unspecified atom stereocenters. The van der Waals surface area contributed by atoms with Gasteiger partial charge in [-0.1, -0.05) is 30.7 Å². The quantitative estimate of drug-likeness (QED) is 0.664. The van der Waals surface area contributed by atoms with E-state index in [1.54, 1.807) is 12.1 Å². The first-order valence-electron chi connectivity index (χ1n) is 10.0. The number of phenols is 1. The Morgan fingerprint density at radius 1 is 0.889 bits per heavy atom. The molecule has 1 aliphatic rings. The van der Waals surface area contributed by atoms with Gasteiger partial charge in [0.2, 0.25) is 0 Å². The maximum atomic E-state index is 12.1. The molecule has 0 spiro atoms. The lowest BCUT2D eigenvalue weighted by molar-refractivity contribution is 0.273. The first-order valence-corrected chi connectivity index (χ1v) is 10.0. The predicted molar refractivity (Wildman–Crippen MR) is 107 cm³/mol. The van der Waals surface area contributed by atoms with Crippen molar-refractivity contribution in [3.63, 3.8) is 0 Å². The van der Waals surface area contributed by atoms with Gasteiger partial charge >= 0.3 is 0 Å². The fourth-order valence-electron chi connectivity index (χ4n) is 3.82. The van der Waals surface area contributed by atoms with Crippen molar-refractivity contribution < 1.29 is 14.2 Å². The van der Waals surface area contributed by atoms with Crippen molar-refractivity contribution in [3.05, 3.63) is 59.7 Å². The van der Waals surface area contributed by atoms with Crippen LogP contribution in [0, 0.1) is 0 Å². The lowest BCUT2D eigenvalue weighted by Gasteiger charge is -2.31. The topological polar surface area (TPSA) is 41.5 Å². The number of piperidine rings is 1. The van der Waals surface area contributed by atoms with E-state index in [4.69, 9.17) is 4.74 Å². The van der Waals surface area contributed by atoms with Crippen LogP contribution in [-0.2, 0) is 12.8 Å². The first kappa shape index (κ1) is 19.7. The van der Waals surface area contributed by atoms with Gasteiger partial charge < -0.3 is 15.2 Å². The van der Waals surface area contributed by atoms with Crippen LogP contribution in [0.2, 0.25) is 0 Å². The number of alkyl halides is 1. The molecule has 2 atom stereocenters. The van der Waals surface area contributed by atoms with Crippen LogP contribution >= 0.6 is 0 Å². The third kappa shape index (κ3) is 6.55. The summed E-state index contributed by atoms with van der Waals surface area (Å²) in [6.45, 7) is -0.333. The van der Waals surface area contributed by atoms with E-state index in [0.29, 0.717) is 17.8 Å². The van der Waals surface area contributed by atoms with Crippen LogP contribution in [0.5, 0.6) is 11.5 Å². The minimum Gasteiger partial charge on any atom is -0.508 e. The van der Waals surface area contributed by atoms with Gasteiger partial charge in [-0.25, -0.2) is 4.39 Å². The summed E-state index contributed by atoms with van der Waals surface area (Å²) in [4.78, 5) is 0. The second kappa shape index (κ2) is 10.3. The van der Waals surface area contributed by atoms with Crippen LogP contribution in [0.4, 0.5) is 4.39 Å². The summed E-state index contributed by atoms with van der Waals surface area (Å²) >= 11 is 0. The van der Waals surface area contributed by atoms with Crippen LogP contribution in [0.1, 0.15) is 43.2 Å². The summed E-state index contributed by atoms with van der Waals surface area (Å²) in [5.74, 6) is 1.07. The average Bonchev–Trinajstić information content (AvgIpc) is 2.71. The summed E-state index contributed by atoms with van der Waals surface area (Å²) in [6.07, 6.45) is 8.15. The number of aryl methyl sites for hydroxylation is 2. The fourth-order valence-corrected chi connectivity index (χ4v) is 3.82. The highest BCUT2D eigenvalue weighted by Gasteiger charge is 2.20. The number of hydrogen-bond acceptors (Lipinski definition) is 3. The molecular formula is C23H30FNO2. The Labute approximate surface area is 161 Å². The molecule has 0 aromatic heterocycles. The van der Waals surface area contributed by atoms with Gasteiger partial charge in [0, 0.05) is 12.1 Å². The average molecular weight is 371 g/mol. The Morgan fingerprint density at radius 3 is 2.00 bits per heavy atom. The molecule has 3 nitrogen and oxygen atoms in total. The second-order valence-electron chi connectivity index (χ2n) is 7.42. The Kier molecular flexibility index (Phi) is 7.52. The zero-order chi connectivity index (χ0) is 18.9. The largest absolute Gasteiger partial charge is 0.508 e. The number of ether oxygens (including phenoxy) is 1. The predicted octanol–water partition coefficient (Wildman–Crippen LogP) is 4.82. The third-order valence-corrected chi connectivity index (χ3v) is 5.35. The van der Waals surface area contributed by atoms with Gasteiger partial charge in [-0.3, -0.25) is 0 Å². The van der Waals surface area contributed by atoms with Gasteiger partial charge in [-0.2, -0.15) is 0 Å². The number of hydrogen-bond donors (Lipinski definition) is 2. The molecule has 0 saturated carbocycles. The third-order valence-electron chi connectivity index (χ3n) is 5.35. The van der Waals surface area contributed by atoms with Crippen LogP contribution in [0.15, 0.2) is 48.5 Å². The smallest absolute Gasteiger partial charge is 0.123 e. The molecule has 0 aliphatic carbocycles. The number of phenolic OH excluding ortho intramolecular Hbond substituents is 1. The summed E-state index contributed by atoms with van der Waals surface area (Å²) in [5, 5.41) is 13.2. The van der Waals surface area contributed by atoms with Crippen molar-refractivity contribution in [2.24, 2.45) is 0 Å². The van der Waals surface area contributed by atoms with Crippen LogP contribution in [0.3, 0.4) is 0 Å². The number of halogens is 1. The van der Waals surface area contributed by atoms with Gasteiger partial charge in [-0.05, 0) is 73.9 Å². The Hall–Kier alpha value is -2.07. The molecule has 2 aromatic carbocycles. The first-order chi connectivity index (χ1) is 13.2. The Balaban J connectivity index is 1.40. The standard InChI is InChI=1S/C23H30FNO2/c24-16-17-27-23-14-8-19(9-15-23)5-11-21-3-1-2-20(25-21)10-4-18-6-12-22(26)13-7-18/h6-9,12-15,20-21,25-26H,1-5,10-11,16-17H2/t20-,21+/m1/s1. The normalized spacial score (nSPS) is 19.7. The zero-order valence-electron chi connectivity index (χ0n) is 15.9. The highest BCUT2D eigenvalue weighted by molar-refractivity contribution is 5.27. The van der Waals surface area contributed by atoms with Gasteiger partial charge in [0.1, 0.15) is 24.8 Å². The molecule has 2 N–H and O–H groups in total. The lowest BCUT2D eigenvalue weighted by Crippen LogP contribution is -2.42. The summed E-state index contributed by atoms with van der Waals surface area (Å²) in [7, 11) is 0. The van der Waals surface area contributed by atoms with Crippen LogP contribution < -0.4 is 10.1 Å². The number of aromatic hydroxyl groups is 1. The highest BCUT2D eigenvalue weighted by Crippen LogP contribution is 2.21. The van der Waals surface area contributed by atoms with E-state index in [1.165, 1.54) is 30.4 Å². The van der Waals surface area contributed by atoms with E-state index in [9.17, 15) is 9.50 Å². The van der Waals surface area contributed by atoms with Crippen molar-refractivity contribution in [2.75, 3.05) is 13.3 Å². The van der Waals surface area contributed by atoms with Crippen molar-refractivity contribution >= 4 is 0 Å². The van der Waals surface area contributed by atoms with E-state index in [0.717, 1.165) is 31.4 Å². The number of benzene rings is 2. The van der Waals surface area contributed by atoms with Crippen molar-refractivity contribution in [1.82, 2.24) is 5.32 Å². The van der Waals surface area contributed by atoms with Crippen LogP contribution in [-0.4, -0.2) is 30.5 Å². The maximum absolute atomic E-state index is 12.1. The van der Waals surface area contributed by atoms with Crippen molar-refractivity contribution in [3.8, 4) is 11.5 Å². The van der Waals surface area contributed by atoms with Crippen LogP contribution in [0.25, 0.3) is 0 Å². The summed E-state index contributed by atoms with van der Waals surface area (Å²) < 4.78 is 17.4. The molecule has 0 bridgehead atoms. The fraction of sp³-hybridized carbons (Fsp3) is 0.478. The summed E-state index contributed by atoms with van der Waals surface area (Å²) in [5.41, 5.74) is 2.59. The minimum absolute atomic E-state index is 0.122. The Bertz CT molecular complexity index is 672. The van der Waals surface area contributed by atoms with Crippen molar-refractivity contribution in [2.45, 2.75) is 57.0 Å². The van der Waals surface area contributed by atoms with Crippen molar-refractivity contribution in [1.29, 1.82) is 0 Å². The molecule has 1 fully saturated rings. The minimum atomic E-state index is -0.455. The molecule has 146 valence electrons. The molecule has 1 saturated heterocycles. The highest BCUT2D eigenvalue weighted by atomic mass is 19.1. The van der Waals surface area contributed by atoms with Gasteiger partial charge in [0.25, 0.3) is 0 Å². The van der Waals surface area contributed by atoms with E-state index in [2.05, 4.69) is 17.4 Å². The molecule has 4 heteroatoms. The van der Waals surface area contributed by atoms with Gasteiger partial charge in [-0.15, -0.1) is 0 Å². The zero-order valence-corrected chi connectivity index (χ0v) is 15.9. The number of nitrogens with one attached hydrogen (secondary N) is 1. The monoisotopic (exact) mass is 371 g/mol. The van der Waals surface area contributed by atoms with Gasteiger partial charge in [0.05, 0.1) is 0 Å². The Morgan fingerprint density at radius 2 is 1.44 bits per heavy atom. The van der Waals surface area contributed by atoms with E-state index in [-0.39, 0.29) is 6.61 Å². The summed E-state index contributed by atoms with van der Waals surface area (Å²) in [6, 6.07) is 16.7. The maximum Gasteiger partial charge on any atom is 0.123 e. The molecule has 1 heterocycles. The molecule has 2 aromatic rings. The molecule has 27 heavy (non-hydrogen) atoms. The second-order valence-corrected chi connectivity index (χ2v) is 7.42. The number of rotatable bonds is 9. The van der Waals surface area contributed by atoms with Gasteiger partial charge in [0.15, 0.2) is 0 Å². The molecule has 0 amide bonds. The van der Waals surface area contributed by atoms with E-state index in [1.807, 2.05) is 24.3 Å². The lowest BCUT2D eigenvalue weighted by atomic mass is 9.91. The molecule has 1 aliphatic heterocycles.